The van der Waals surface area contributed by atoms with E-state index in [9.17, 15) is 0 Å². The van der Waals surface area contributed by atoms with E-state index in [0.717, 1.165) is 17.6 Å². The van der Waals surface area contributed by atoms with Crippen LogP contribution in [0.4, 0.5) is 5.69 Å². The van der Waals surface area contributed by atoms with E-state index in [1.54, 1.807) is 0 Å². The summed E-state index contributed by atoms with van der Waals surface area (Å²) in [7, 11) is 2.19. The van der Waals surface area contributed by atoms with Gasteiger partial charge in [0.2, 0.25) is 0 Å². The number of nitrogens with one attached hydrogen (secondary N) is 1. The van der Waals surface area contributed by atoms with Crippen molar-refractivity contribution in [3.63, 3.8) is 0 Å². The molecular weight excluding hydrogens is 300 g/mol. The van der Waals surface area contributed by atoms with Gasteiger partial charge >= 0.3 is 0 Å². The van der Waals surface area contributed by atoms with Crippen molar-refractivity contribution in [2.24, 2.45) is 5.41 Å². The van der Waals surface area contributed by atoms with E-state index in [-0.39, 0.29) is 5.41 Å². The van der Waals surface area contributed by atoms with E-state index in [1.807, 2.05) is 0 Å². The summed E-state index contributed by atoms with van der Waals surface area (Å²) in [5.41, 5.74) is 2.91. The van der Waals surface area contributed by atoms with Crippen molar-refractivity contribution in [3.8, 4) is 0 Å². The summed E-state index contributed by atoms with van der Waals surface area (Å²) in [5, 5.41) is 3.41. The number of halogens is 1. The molecule has 0 aliphatic rings. The highest BCUT2D eigenvalue weighted by atomic mass is 79.9. The second-order valence-electron chi connectivity index (χ2n) is 6.21. The molecule has 1 atom stereocenters. The quantitative estimate of drug-likeness (QED) is 0.861. The lowest BCUT2D eigenvalue weighted by atomic mass is 9.86. The van der Waals surface area contributed by atoms with Crippen molar-refractivity contribution in [1.82, 2.24) is 5.32 Å². The summed E-state index contributed by atoms with van der Waals surface area (Å²) in [5.74, 6) is 0. The number of hydrogen-bond donors (Lipinski definition) is 1. The maximum Gasteiger partial charge on any atom is 0.0423 e. The summed E-state index contributed by atoms with van der Waals surface area (Å²) in [4.78, 5) is 2.39. The second kappa shape index (κ2) is 6.76. The predicted octanol–water partition coefficient (Wildman–Crippen LogP) is 4.43. The van der Waals surface area contributed by atoms with Crippen molar-refractivity contribution in [1.29, 1.82) is 0 Å². The average molecular weight is 327 g/mol. The molecule has 0 radical (unpaired) electrons. The Kier molecular flexibility index (Phi) is 5.87. The molecule has 0 aliphatic carbocycles. The van der Waals surface area contributed by atoms with Crippen LogP contribution >= 0.6 is 15.9 Å². The second-order valence-corrected chi connectivity index (χ2v) is 7.12. The molecule has 1 aromatic rings. The molecule has 0 saturated heterocycles. The summed E-state index contributed by atoms with van der Waals surface area (Å²) < 4.78 is 1.13. The van der Waals surface area contributed by atoms with E-state index in [0.29, 0.717) is 6.04 Å². The van der Waals surface area contributed by atoms with E-state index < -0.39 is 0 Å². The van der Waals surface area contributed by atoms with Crippen LogP contribution in [0.2, 0.25) is 0 Å². The monoisotopic (exact) mass is 326 g/mol. The lowest BCUT2D eigenvalue weighted by Crippen LogP contribution is -2.40. The van der Waals surface area contributed by atoms with Crippen LogP contribution in [0.5, 0.6) is 0 Å². The predicted molar refractivity (Wildman–Crippen MR) is 88.8 cm³/mol. The first kappa shape index (κ1) is 16.5. The van der Waals surface area contributed by atoms with Gasteiger partial charge in [-0.3, -0.25) is 0 Å². The summed E-state index contributed by atoms with van der Waals surface area (Å²) in [6.45, 7) is 13.2. The van der Waals surface area contributed by atoms with Crippen LogP contribution < -0.4 is 10.2 Å². The average Bonchev–Trinajstić information content (AvgIpc) is 2.34. The van der Waals surface area contributed by atoms with Gasteiger partial charge in [-0.05, 0) is 36.6 Å². The molecule has 3 heteroatoms. The molecule has 0 spiro atoms. The fourth-order valence-electron chi connectivity index (χ4n) is 2.06. The Bertz CT molecular complexity index is 410. The third-order valence-electron chi connectivity index (χ3n) is 3.83. The molecule has 0 aromatic heterocycles. The van der Waals surface area contributed by atoms with Crippen molar-refractivity contribution >= 4 is 21.6 Å². The van der Waals surface area contributed by atoms with Gasteiger partial charge in [0.15, 0.2) is 0 Å². The highest BCUT2D eigenvalue weighted by Crippen LogP contribution is 2.31. The van der Waals surface area contributed by atoms with Crippen molar-refractivity contribution < 1.29 is 0 Å². The first-order valence-corrected chi connectivity index (χ1v) is 7.78. The molecule has 0 aliphatic heterocycles. The van der Waals surface area contributed by atoms with E-state index in [1.165, 1.54) is 11.3 Å². The zero-order valence-electron chi connectivity index (χ0n) is 13.0. The van der Waals surface area contributed by atoms with Gasteiger partial charge in [-0.1, -0.05) is 49.7 Å². The van der Waals surface area contributed by atoms with Crippen LogP contribution in [0.15, 0.2) is 22.7 Å². The minimum absolute atomic E-state index is 0.256. The lowest BCUT2D eigenvalue weighted by Gasteiger charge is -2.38. The molecule has 108 valence electrons. The van der Waals surface area contributed by atoms with Crippen LogP contribution in [-0.4, -0.2) is 19.6 Å². The van der Waals surface area contributed by atoms with Crippen molar-refractivity contribution in [2.75, 3.05) is 18.5 Å². The molecule has 0 bridgehead atoms. The minimum Gasteiger partial charge on any atom is -0.371 e. The smallest absolute Gasteiger partial charge is 0.0423 e. The topological polar surface area (TPSA) is 15.3 Å². The minimum atomic E-state index is 0.256. The van der Waals surface area contributed by atoms with E-state index in [2.05, 4.69) is 86.0 Å². The first-order valence-electron chi connectivity index (χ1n) is 6.99. The Labute approximate surface area is 126 Å². The van der Waals surface area contributed by atoms with Crippen molar-refractivity contribution in [3.05, 3.63) is 28.2 Å². The van der Waals surface area contributed by atoms with Gasteiger partial charge in [-0.15, -0.1) is 0 Å². The number of hydrogen-bond acceptors (Lipinski definition) is 2. The van der Waals surface area contributed by atoms with Crippen molar-refractivity contribution in [2.45, 2.75) is 47.2 Å². The molecule has 19 heavy (non-hydrogen) atoms. The maximum absolute atomic E-state index is 3.59. The Balaban J connectivity index is 3.06. The highest BCUT2D eigenvalue weighted by Gasteiger charge is 2.25. The van der Waals surface area contributed by atoms with E-state index in [4.69, 9.17) is 0 Å². The largest absolute Gasteiger partial charge is 0.371 e. The first-order chi connectivity index (χ1) is 8.77. The zero-order valence-corrected chi connectivity index (χ0v) is 14.6. The molecule has 1 rings (SSSR count). The molecular formula is C16H27BrN2. The molecule has 0 amide bonds. The fraction of sp³-hybridized carbons (Fsp3) is 0.625. The molecule has 2 nitrogen and oxygen atoms in total. The van der Waals surface area contributed by atoms with E-state index >= 15 is 0 Å². The Morgan fingerprint density at radius 1 is 1.32 bits per heavy atom. The van der Waals surface area contributed by atoms with Gasteiger partial charge in [0.1, 0.15) is 0 Å². The normalized spacial score (nSPS) is 13.4. The number of rotatable bonds is 5. The number of nitrogens with zero attached hydrogens (tertiary/aromatic N) is 1. The zero-order chi connectivity index (χ0) is 14.6. The molecule has 1 aromatic carbocycles. The Morgan fingerprint density at radius 2 is 1.95 bits per heavy atom. The van der Waals surface area contributed by atoms with Gasteiger partial charge in [-0.25, -0.2) is 0 Å². The van der Waals surface area contributed by atoms with Gasteiger partial charge in [-0.2, -0.15) is 0 Å². The molecule has 0 heterocycles. The summed E-state index contributed by atoms with van der Waals surface area (Å²) >= 11 is 3.59. The summed E-state index contributed by atoms with van der Waals surface area (Å²) in [6.07, 6.45) is 0. The Hall–Kier alpha value is -0.540. The van der Waals surface area contributed by atoms with Gasteiger partial charge in [0.05, 0.1) is 0 Å². The third kappa shape index (κ3) is 4.50. The van der Waals surface area contributed by atoms with Gasteiger partial charge in [0.25, 0.3) is 0 Å². The molecule has 0 saturated carbocycles. The van der Waals surface area contributed by atoms with Gasteiger partial charge < -0.3 is 10.2 Å². The third-order valence-corrected chi connectivity index (χ3v) is 4.32. The molecule has 1 unspecified atom stereocenters. The van der Waals surface area contributed by atoms with Crippen LogP contribution in [0.1, 0.15) is 40.2 Å². The van der Waals surface area contributed by atoms with Crippen LogP contribution in [0.25, 0.3) is 0 Å². The SMILES string of the molecule is CCNCc1ccc(Br)cc1N(C)C(C)C(C)(C)C. The molecule has 0 fully saturated rings. The van der Waals surface area contributed by atoms with Crippen LogP contribution in [0.3, 0.4) is 0 Å². The Morgan fingerprint density at radius 3 is 2.47 bits per heavy atom. The van der Waals surface area contributed by atoms with Crippen LogP contribution in [-0.2, 0) is 6.54 Å². The summed E-state index contributed by atoms with van der Waals surface area (Å²) in [6, 6.07) is 7.01. The van der Waals surface area contributed by atoms with Crippen LogP contribution in [0, 0.1) is 5.41 Å². The lowest BCUT2D eigenvalue weighted by molar-refractivity contribution is 0.329. The standard InChI is InChI=1S/C16H27BrN2/c1-7-18-11-13-8-9-14(17)10-15(13)19(6)12(2)16(3,4)5/h8-10,12,18H,7,11H2,1-6H3. The maximum atomic E-state index is 3.59. The van der Waals surface area contributed by atoms with Gasteiger partial charge in [0, 0.05) is 29.8 Å². The number of anilines is 1. The highest BCUT2D eigenvalue weighted by molar-refractivity contribution is 9.10. The fourth-order valence-corrected chi connectivity index (χ4v) is 2.41. The number of benzene rings is 1. The molecule has 1 N–H and O–H groups in total.